The fourth-order valence-corrected chi connectivity index (χ4v) is 4.72. The van der Waals surface area contributed by atoms with Crippen LogP contribution in [0.3, 0.4) is 0 Å². The Morgan fingerprint density at radius 2 is 2.03 bits per heavy atom. The second kappa shape index (κ2) is 10.5. The summed E-state index contributed by atoms with van der Waals surface area (Å²) >= 11 is 6.37. The molecule has 0 bridgehead atoms. The molecular weight excluding hydrogens is 440 g/mol. The van der Waals surface area contributed by atoms with E-state index in [0.717, 1.165) is 35.0 Å². The number of aromatic nitrogens is 1. The van der Waals surface area contributed by atoms with Gasteiger partial charge in [0.25, 0.3) is 0 Å². The van der Waals surface area contributed by atoms with E-state index in [1.807, 2.05) is 36.4 Å². The Morgan fingerprint density at radius 1 is 1.21 bits per heavy atom. The maximum absolute atomic E-state index is 13.6. The summed E-state index contributed by atoms with van der Waals surface area (Å²) in [6.07, 6.45) is 2.42. The summed E-state index contributed by atoms with van der Waals surface area (Å²) in [5.41, 5.74) is 3.10. The van der Waals surface area contributed by atoms with Crippen LogP contribution in [-0.4, -0.2) is 48.9 Å². The predicted molar refractivity (Wildman–Crippen MR) is 129 cm³/mol. The molecule has 2 aromatic carbocycles. The van der Waals surface area contributed by atoms with Gasteiger partial charge >= 0.3 is 5.97 Å². The molecule has 1 saturated heterocycles. The molecule has 7 heteroatoms. The Hall–Kier alpha value is -2.67. The van der Waals surface area contributed by atoms with Crippen LogP contribution < -0.4 is 5.32 Å². The van der Waals surface area contributed by atoms with Gasteiger partial charge in [-0.1, -0.05) is 49.2 Å². The van der Waals surface area contributed by atoms with Crippen LogP contribution in [0, 0.1) is 0 Å². The lowest BCUT2D eigenvalue weighted by Gasteiger charge is -2.33. The molecule has 6 nitrogen and oxygen atoms in total. The topological polar surface area (TPSA) is 69.6 Å². The van der Waals surface area contributed by atoms with Crippen molar-refractivity contribution < 1.29 is 19.1 Å². The van der Waals surface area contributed by atoms with E-state index in [-0.39, 0.29) is 24.5 Å². The molecule has 1 fully saturated rings. The summed E-state index contributed by atoms with van der Waals surface area (Å²) in [4.78, 5) is 25.7. The first kappa shape index (κ1) is 23.5. The van der Waals surface area contributed by atoms with E-state index in [9.17, 15) is 9.59 Å². The average molecular weight is 469 g/mol. The fraction of sp³-hybridized carbons (Fsp3) is 0.385. The van der Waals surface area contributed by atoms with Gasteiger partial charge in [-0.3, -0.25) is 9.36 Å². The molecule has 0 radical (unpaired) electrons. The van der Waals surface area contributed by atoms with Crippen molar-refractivity contribution in [3.8, 4) is 0 Å². The van der Waals surface area contributed by atoms with E-state index < -0.39 is 5.97 Å². The minimum Gasteiger partial charge on any atom is -0.465 e. The molecule has 2 atom stereocenters. The van der Waals surface area contributed by atoms with Gasteiger partial charge in [-0.25, -0.2) is 4.79 Å². The van der Waals surface area contributed by atoms with E-state index in [1.54, 1.807) is 16.7 Å². The number of hydrogen-bond donors (Lipinski definition) is 1. The van der Waals surface area contributed by atoms with Crippen LogP contribution in [-0.2, 0) is 22.3 Å². The van der Waals surface area contributed by atoms with E-state index in [4.69, 9.17) is 21.1 Å². The third kappa shape index (κ3) is 5.13. The Kier molecular flexibility index (Phi) is 7.48. The van der Waals surface area contributed by atoms with Crippen LogP contribution in [0.15, 0.2) is 48.5 Å². The number of aryl methyl sites for hydroxylation is 1. The number of benzene rings is 2. The molecule has 2 heterocycles. The van der Waals surface area contributed by atoms with E-state index in [1.165, 1.54) is 7.11 Å². The molecule has 1 aliphatic rings. The molecule has 3 aromatic rings. The molecule has 4 rings (SSSR count). The van der Waals surface area contributed by atoms with Crippen molar-refractivity contribution in [3.63, 3.8) is 0 Å². The lowest BCUT2D eigenvalue weighted by atomic mass is 9.98. The Labute approximate surface area is 198 Å². The summed E-state index contributed by atoms with van der Waals surface area (Å²) in [5.74, 6) is -0.445. The second-order valence-electron chi connectivity index (χ2n) is 8.35. The summed E-state index contributed by atoms with van der Waals surface area (Å²) in [5, 5.41) is 5.10. The zero-order valence-electron chi connectivity index (χ0n) is 19.0. The van der Waals surface area contributed by atoms with Gasteiger partial charge in [0, 0.05) is 41.5 Å². The van der Waals surface area contributed by atoms with Crippen molar-refractivity contribution >= 4 is 34.4 Å². The molecule has 1 aromatic heterocycles. The van der Waals surface area contributed by atoms with Gasteiger partial charge in [0.05, 0.1) is 30.9 Å². The number of carbonyl (C=O) groups excluding carboxylic acids is 2. The quantitative estimate of drug-likeness (QED) is 0.510. The molecule has 33 heavy (non-hydrogen) atoms. The van der Waals surface area contributed by atoms with Crippen molar-refractivity contribution in [1.82, 2.24) is 9.88 Å². The molecule has 1 aliphatic heterocycles. The smallest absolute Gasteiger partial charge is 0.337 e. The van der Waals surface area contributed by atoms with Gasteiger partial charge in [-0.2, -0.15) is 0 Å². The highest BCUT2D eigenvalue weighted by atomic mass is 35.5. The van der Waals surface area contributed by atoms with Crippen molar-refractivity contribution in [2.45, 2.75) is 44.8 Å². The number of methoxy groups -OCH3 is 1. The first-order valence-corrected chi connectivity index (χ1v) is 11.7. The van der Waals surface area contributed by atoms with Gasteiger partial charge in [-0.15, -0.1) is 0 Å². The first-order valence-electron chi connectivity index (χ1n) is 11.4. The van der Waals surface area contributed by atoms with Crippen molar-refractivity contribution in [3.05, 3.63) is 70.4 Å². The van der Waals surface area contributed by atoms with Crippen LogP contribution >= 0.6 is 11.6 Å². The van der Waals surface area contributed by atoms with Crippen LogP contribution in [0.4, 0.5) is 0 Å². The van der Waals surface area contributed by atoms with Crippen LogP contribution in [0.25, 0.3) is 10.9 Å². The van der Waals surface area contributed by atoms with Crippen LogP contribution in [0.5, 0.6) is 0 Å². The monoisotopic (exact) mass is 468 g/mol. The summed E-state index contributed by atoms with van der Waals surface area (Å²) in [6, 6.07) is 15.0. The third-order valence-corrected chi connectivity index (χ3v) is 6.49. The molecule has 0 saturated carbocycles. The molecular formula is C26H29ClN2O4. The number of esters is 1. The SMILES string of the molecule is CCCc1cc2ccc(C(=O)OC)cc2n1C(=O)CC1NCCOC1Cc1ccccc1Cl. The number of ether oxygens (including phenoxy) is 2. The molecule has 0 aliphatic carbocycles. The standard InChI is InChI=1S/C26H29ClN2O4/c1-3-6-20-13-18-9-10-19(26(31)32-2)14-23(18)29(20)25(30)16-22-24(33-12-11-28-22)15-17-7-4-5-8-21(17)27/h4-5,7-10,13-14,22,24,28H,3,6,11-12,15-16H2,1-2H3. The van der Waals surface area contributed by atoms with Gasteiger partial charge in [0.15, 0.2) is 0 Å². The zero-order chi connectivity index (χ0) is 23.4. The third-order valence-electron chi connectivity index (χ3n) is 6.12. The van der Waals surface area contributed by atoms with E-state index in [2.05, 4.69) is 12.2 Å². The highest BCUT2D eigenvalue weighted by Crippen LogP contribution is 2.26. The van der Waals surface area contributed by atoms with Gasteiger partial charge in [-0.05, 0) is 36.2 Å². The molecule has 0 amide bonds. The Balaban J connectivity index is 1.63. The van der Waals surface area contributed by atoms with E-state index >= 15 is 0 Å². The van der Waals surface area contributed by atoms with Crippen LogP contribution in [0.2, 0.25) is 5.02 Å². The summed E-state index contributed by atoms with van der Waals surface area (Å²) in [7, 11) is 1.35. The number of morpholine rings is 1. The lowest BCUT2D eigenvalue weighted by Crippen LogP contribution is -2.50. The maximum atomic E-state index is 13.6. The number of nitrogens with one attached hydrogen (secondary N) is 1. The Morgan fingerprint density at radius 3 is 2.79 bits per heavy atom. The predicted octanol–water partition coefficient (Wildman–Crippen LogP) is 4.66. The zero-order valence-corrected chi connectivity index (χ0v) is 19.7. The lowest BCUT2D eigenvalue weighted by molar-refractivity contribution is -0.00505. The number of halogens is 1. The summed E-state index contributed by atoms with van der Waals surface area (Å²) < 4.78 is 12.7. The Bertz CT molecular complexity index is 1160. The molecule has 1 N–H and O–H groups in total. The number of carbonyl (C=O) groups is 2. The van der Waals surface area contributed by atoms with Gasteiger partial charge in [0.2, 0.25) is 5.91 Å². The number of rotatable bonds is 7. The van der Waals surface area contributed by atoms with Gasteiger partial charge in [0.1, 0.15) is 0 Å². The first-order chi connectivity index (χ1) is 16.0. The molecule has 174 valence electrons. The highest BCUT2D eigenvalue weighted by Gasteiger charge is 2.30. The largest absolute Gasteiger partial charge is 0.465 e. The van der Waals surface area contributed by atoms with E-state index in [0.29, 0.717) is 30.2 Å². The minimum atomic E-state index is -0.420. The molecule has 2 unspecified atom stereocenters. The number of fused-ring (bicyclic) bond motifs is 1. The maximum Gasteiger partial charge on any atom is 0.337 e. The van der Waals surface area contributed by atoms with Crippen molar-refractivity contribution in [2.75, 3.05) is 20.3 Å². The van der Waals surface area contributed by atoms with Crippen molar-refractivity contribution in [2.24, 2.45) is 0 Å². The van der Waals surface area contributed by atoms with Gasteiger partial charge < -0.3 is 14.8 Å². The number of nitrogens with zero attached hydrogens (tertiary/aromatic N) is 1. The normalized spacial score (nSPS) is 18.4. The molecule has 0 spiro atoms. The van der Waals surface area contributed by atoms with Crippen LogP contribution in [0.1, 0.15) is 46.2 Å². The minimum absolute atomic E-state index is 0.0253. The highest BCUT2D eigenvalue weighted by molar-refractivity contribution is 6.31. The fourth-order valence-electron chi connectivity index (χ4n) is 4.50. The average Bonchev–Trinajstić information content (AvgIpc) is 3.18. The summed E-state index contributed by atoms with van der Waals surface area (Å²) in [6.45, 7) is 3.37. The second-order valence-corrected chi connectivity index (χ2v) is 8.76. The number of hydrogen-bond acceptors (Lipinski definition) is 5. The van der Waals surface area contributed by atoms with Crippen molar-refractivity contribution in [1.29, 1.82) is 0 Å².